The molecule has 22 heavy (non-hydrogen) atoms. The Morgan fingerprint density at radius 1 is 1.32 bits per heavy atom. The van der Waals surface area contributed by atoms with Gasteiger partial charge in [-0.3, -0.25) is 9.36 Å². The van der Waals surface area contributed by atoms with Crippen molar-refractivity contribution in [2.75, 3.05) is 0 Å². The molecule has 2 aromatic rings. The molecule has 0 fully saturated rings. The number of hydrogen-bond acceptors (Lipinski definition) is 7. The minimum Gasteiger partial charge on any atom is -0.858 e. The maximum Gasteiger partial charge on any atom is 2.00 e. The standard InChI is InChI=1S/C12H15N5O3S.Ni/c1-4-16-10(18)9(11(19)17(5-2)12(16)21)14-13-8-6-7(3)20-15-8;/h6,18H,4-5H2,1-3H3;/q;+2/p-1. The normalized spacial score (nSPS) is 10.9. The molecule has 0 aromatic carbocycles. The molecule has 0 saturated carbocycles. The molecular weight excluding hydrogens is 353 g/mol. The molecule has 2 aromatic heterocycles. The van der Waals surface area contributed by atoms with Crippen molar-refractivity contribution in [2.24, 2.45) is 10.2 Å². The van der Waals surface area contributed by atoms with Gasteiger partial charge >= 0.3 is 16.5 Å². The summed E-state index contributed by atoms with van der Waals surface area (Å²) in [6.07, 6.45) is 0. The van der Waals surface area contributed by atoms with Crippen molar-refractivity contribution in [1.82, 2.24) is 14.3 Å². The summed E-state index contributed by atoms with van der Waals surface area (Å²) < 4.78 is 7.64. The summed E-state index contributed by atoms with van der Waals surface area (Å²) >= 11 is 5.13. The largest absolute Gasteiger partial charge is 2.00 e. The summed E-state index contributed by atoms with van der Waals surface area (Å²) in [5, 5.41) is 23.3. The van der Waals surface area contributed by atoms with Crippen LogP contribution in [0.2, 0.25) is 0 Å². The van der Waals surface area contributed by atoms with Crippen molar-refractivity contribution in [2.45, 2.75) is 33.9 Å². The van der Waals surface area contributed by atoms with E-state index in [0.717, 1.165) is 0 Å². The zero-order chi connectivity index (χ0) is 15.6. The molecule has 0 aliphatic rings. The van der Waals surface area contributed by atoms with Crippen LogP contribution in [-0.2, 0) is 29.6 Å². The first-order valence-electron chi connectivity index (χ1n) is 6.39. The van der Waals surface area contributed by atoms with Crippen LogP contribution in [0.25, 0.3) is 0 Å². The summed E-state index contributed by atoms with van der Waals surface area (Å²) in [4.78, 5) is 12.2. The number of azo groups is 1. The van der Waals surface area contributed by atoms with Gasteiger partial charge in [0.05, 0.1) is 0 Å². The molecule has 0 atom stereocenters. The Bertz CT molecular complexity index is 808. The van der Waals surface area contributed by atoms with Gasteiger partial charge in [-0.2, -0.15) is 0 Å². The molecule has 0 spiro atoms. The second kappa shape index (κ2) is 7.46. The minimum atomic E-state index is -0.554. The third-order valence-corrected chi connectivity index (χ3v) is 3.30. The Labute approximate surface area is 141 Å². The van der Waals surface area contributed by atoms with E-state index < -0.39 is 11.4 Å². The first-order valence-corrected chi connectivity index (χ1v) is 6.80. The molecule has 10 heteroatoms. The Morgan fingerprint density at radius 2 is 1.95 bits per heavy atom. The molecular formula is C12H14N5NiO3S+. The van der Waals surface area contributed by atoms with Crippen molar-refractivity contribution >= 4 is 23.7 Å². The summed E-state index contributed by atoms with van der Waals surface area (Å²) in [6, 6.07) is 1.54. The number of aromatic nitrogens is 3. The van der Waals surface area contributed by atoms with E-state index >= 15 is 0 Å². The van der Waals surface area contributed by atoms with E-state index in [1.807, 2.05) is 0 Å². The van der Waals surface area contributed by atoms with E-state index in [9.17, 15) is 9.90 Å². The molecule has 2 heterocycles. The summed E-state index contributed by atoms with van der Waals surface area (Å²) in [5.41, 5.74) is -0.839. The SMILES string of the molecule is CCn1c([O-])c(N=Nc2cc(C)on2)c(=O)n(CC)c1=S.[Ni+2]. The van der Waals surface area contributed by atoms with Gasteiger partial charge in [0, 0.05) is 19.2 Å². The maximum absolute atomic E-state index is 12.2. The van der Waals surface area contributed by atoms with Crippen LogP contribution in [0, 0.1) is 11.7 Å². The number of rotatable bonds is 4. The smallest absolute Gasteiger partial charge is 0.858 e. The number of nitrogens with zero attached hydrogens (tertiary/aromatic N) is 5. The molecule has 0 bridgehead atoms. The third-order valence-electron chi connectivity index (χ3n) is 2.86. The Hall–Kier alpha value is -1.80. The average molecular weight is 367 g/mol. The van der Waals surface area contributed by atoms with E-state index in [1.165, 1.54) is 9.13 Å². The van der Waals surface area contributed by atoms with E-state index in [1.54, 1.807) is 26.8 Å². The zero-order valence-corrected chi connectivity index (χ0v) is 14.0. The molecule has 120 valence electrons. The number of aryl methyl sites for hydroxylation is 1. The fourth-order valence-corrected chi connectivity index (χ4v) is 2.24. The van der Waals surface area contributed by atoms with Gasteiger partial charge in [-0.05, 0) is 38.9 Å². The molecule has 0 aliphatic heterocycles. The summed E-state index contributed by atoms with van der Waals surface area (Å²) in [7, 11) is 0. The molecule has 8 nitrogen and oxygen atoms in total. The second-order valence-electron chi connectivity index (χ2n) is 4.23. The fraction of sp³-hybridized carbons (Fsp3) is 0.417. The van der Waals surface area contributed by atoms with Crippen molar-refractivity contribution < 1.29 is 26.1 Å². The summed E-state index contributed by atoms with van der Waals surface area (Å²) in [6.45, 7) is 5.94. The van der Waals surface area contributed by atoms with Gasteiger partial charge in [0.25, 0.3) is 5.56 Å². The Morgan fingerprint density at radius 3 is 2.45 bits per heavy atom. The van der Waals surface area contributed by atoms with Gasteiger partial charge in [0.15, 0.2) is 10.5 Å². The molecule has 0 amide bonds. The van der Waals surface area contributed by atoms with E-state index in [0.29, 0.717) is 18.8 Å². The predicted molar refractivity (Wildman–Crippen MR) is 75.7 cm³/mol. The fourth-order valence-electron chi connectivity index (χ4n) is 1.81. The van der Waals surface area contributed by atoms with Crippen LogP contribution >= 0.6 is 12.2 Å². The van der Waals surface area contributed by atoms with Crippen LogP contribution in [0.15, 0.2) is 25.6 Å². The quantitative estimate of drug-likeness (QED) is 0.469. The van der Waals surface area contributed by atoms with Gasteiger partial charge in [0.1, 0.15) is 5.76 Å². The topological polar surface area (TPSA) is 101 Å². The van der Waals surface area contributed by atoms with Crippen molar-refractivity contribution in [3.05, 3.63) is 27.0 Å². The Balaban J connectivity index is 0.00000242. The van der Waals surface area contributed by atoms with Crippen LogP contribution in [0.1, 0.15) is 19.6 Å². The molecule has 0 saturated heterocycles. The van der Waals surface area contributed by atoms with Gasteiger partial charge < -0.3 is 14.2 Å². The average Bonchev–Trinajstić information content (AvgIpc) is 2.85. The van der Waals surface area contributed by atoms with Gasteiger partial charge in [-0.1, -0.05) is 5.16 Å². The zero-order valence-electron chi connectivity index (χ0n) is 12.2. The molecule has 0 aliphatic carbocycles. The minimum absolute atomic E-state index is 0. The van der Waals surface area contributed by atoms with Crippen LogP contribution in [-0.4, -0.2) is 14.3 Å². The van der Waals surface area contributed by atoms with Gasteiger partial charge in [-0.15, -0.1) is 10.2 Å². The van der Waals surface area contributed by atoms with Gasteiger partial charge in [-0.25, -0.2) is 0 Å². The Kier molecular flexibility index (Phi) is 6.19. The van der Waals surface area contributed by atoms with Crippen LogP contribution < -0.4 is 10.7 Å². The second-order valence-corrected chi connectivity index (χ2v) is 4.59. The molecule has 0 unspecified atom stereocenters. The number of hydrogen-bond donors (Lipinski definition) is 0. The first-order chi connectivity index (χ1) is 9.99. The molecule has 0 radical (unpaired) electrons. The third kappa shape index (κ3) is 3.33. The monoisotopic (exact) mass is 366 g/mol. The van der Waals surface area contributed by atoms with Crippen molar-refractivity contribution in [1.29, 1.82) is 0 Å². The van der Waals surface area contributed by atoms with E-state index in [2.05, 4.69) is 15.4 Å². The van der Waals surface area contributed by atoms with E-state index in [4.69, 9.17) is 16.7 Å². The predicted octanol–water partition coefficient (Wildman–Crippen LogP) is 2.20. The first kappa shape index (κ1) is 18.3. The van der Waals surface area contributed by atoms with Crippen LogP contribution in [0.5, 0.6) is 5.88 Å². The van der Waals surface area contributed by atoms with Crippen LogP contribution in [0.4, 0.5) is 11.5 Å². The molecule has 0 N–H and O–H groups in total. The molecule has 2 rings (SSSR count). The summed E-state index contributed by atoms with van der Waals surface area (Å²) in [5.74, 6) is 0.197. The van der Waals surface area contributed by atoms with Gasteiger partial charge in [0.2, 0.25) is 5.82 Å². The van der Waals surface area contributed by atoms with Crippen LogP contribution in [0.3, 0.4) is 0 Å². The maximum atomic E-state index is 12.2. The van der Waals surface area contributed by atoms with Crippen molar-refractivity contribution in [3.8, 4) is 5.88 Å². The van der Waals surface area contributed by atoms with E-state index in [-0.39, 0.29) is 32.8 Å². The van der Waals surface area contributed by atoms with Crippen molar-refractivity contribution in [3.63, 3.8) is 0 Å².